The predicted octanol–water partition coefficient (Wildman–Crippen LogP) is 4.81. The number of aromatic nitrogens is 1. The van der Waals surface area contributed by atoms with Crippen LogP contribution in [-0.2, 0) is 0 Å². The number of aryl methyl sites for hydroxylation is 1. The first-order valence-corrected chi connectivity index (χ1v) is 8.86. The van der Waals surface area contributed by atoms with Crippen molar-refractivity contribution in [2.24, 2.45) is 0 Å². The molecule has 0 radical (unpaired) electrons. The molecule has 0 aliphatic rings. The van der Waals surface area contributed by atoms with Crippen LogP contribution in [0, 0.1) is 6.92 Å². The van der Waals surface area contributed by atoms with Gasteiger partial charge in [0.15, 0.2) is 0 Å². The Morgan fingerprint density at radius 2 is 1.93 bits per heavy atom. The molecule has 3 rings (SSSR count). The Kier molecular flexibility index (Phi) is 5.71. The van der Waals surface area contributed by atoms with Crippen molar-refractivity contribution in [1.29, 1.82) is 0 Å². The third-order valence-corrected chi connectivity index (χ3v) is 4.23. The van der Waals surface area contributed by atoms with E-state index >= 15 is 0 Å². The van der Waals surface area contributed by atoms with Crippen LogP contribution in [0.1, 0.15) is 22.8 Å². The zero-order chi connectivity index (χ0) is 19.2. The number of methoxy groups -OCH3 is 1. The molecule has 0 aliphatic carbocycles. The fourth-order valence-electron chi connectivity index (χ4n) is 2.84. The Bertz CT molecular complexity index is 923. The number of pyridine rings is 1. The minimum Gasteiger partial charge on any atom is -0.497 e. The van der Waals surface area contributed by atoms with Gasteiger partial charge in [0.1, 0.15) is 11.6 Å². The highest BCUT2D eigenvalue weighted by Crippen LogP contribution is 2.22. The lowest BCUT2D eigenvalue weighted by molar-refractivity contribution is 0.0988. The Hall–Kier alpha value is -3.34. The summed E-state index contributed by atoms with van der Waals surface area (Å²) in [6.45, 7) is 4.57. The SMILES string of the molecule is CCN(C(=O)c1ccc(Nc2cccc(OC)c2)nc1)c1cccc(C)c1. The van der Waals surface area contributed by atoms with Gasteiger partial charge in [0.05, 0.1) is 12.7 Å². The first kappa shape index (κ1) is 18.5. The molecule has 2 aromatic carbocycles. The largest absolute Gasteiger partial charge is 0.497 e. The number of amides is 1. The molecule has 1 aromatic heterocycles. The second-order valence-electron chi connectivity index (χ2n) is 6.18. The molecule has 5 heteroatoms. The summed E-state index contributed by atoms with van der Waals surface area (Å²) in [7, 11) is 1.63. The molecule has 0 fully saturated rings. The van der Waals surface area contributed by atoms with Crippen LogP contribution in [0.2, 0.25) is 0 Å². The summed E-state index contributed by atoms with van der Waals surface area (Å²) in [5.41, 5.74) is 3.43. The third kappa shape index (κ3) is 4.44. The lowest BCUT2D eigenvalue weighted by Gasteiger charge is -2.21. The molecule has 138 valence electrons. The summed E-state index contributed by atoms with van der Waals surface area (Å²) in [6, 6.07) is 19.1. The van der Waals surface area contributed by atoms with E-state index in [0.717, 1.165) is 22.7 Å². The van der Waals surface area contributed by atoms with Crippen LogP contribution in [0.15, 0.2) is 66.9 Å². The summed E-state index contributed by atoms with van der Waals surface area (Å²) < 4.78 is 5.22. The lowest BCUT2D eigenvalue weighted by Crippen LogP contribution is -2.30. The maximum absolute atomic E-state index is 12.9. The molecule has 0 spiro atoms. The monoisotopic (exact) mass is 361 g/mol. The molecule has 0 saturated heterocycles. The topological polar surface area (TPSA) is 54.5 Å². The van der Waals surface area contributed by atoms with Gasteiger partial charge in [0.25, 0.3) is 5.91 Å². The van der Waals surface area contributed by atoms with Gasteiger partial charge in [-0.15, -0.1) is 0 Å². The van der Waals surface area contributed by atoms with Crippen LogP contribution in [0.4, 0.5) is 17.2 Å². The first-order valence-electron chi connectivity index (χ1n) is 8.86. The van der Waals surface area contributed by atoms with Gasteiger partial charge in [0, 0.05) is 30.2 Å². The minimum absolute atomic E-state index is 0.0662. The maximum atomic E-state index is 12.9. The Labute approximate surface area is 159 Å². The number of hydrogen-bond donors (Lipinski definition) is 1. The second kappa shape index (κ2) is 8.36. The standard InChI is InChI=1S/C22H23N3O2/c1-4-25(19-9-5-7-16(2)13-19)22(26)17-11-12-21(23-15-17)24-18-8-6-10-20(14-18)27-3/h5-15H,4H2,1-3H3,(H,23,24). The van der Waals surface area contributed by atoms with E-state index in [2.05, 4.69) is 10.3 Å². The normalized spacial score (nSPS) is 10.3. The molecule has 1 amide bonds. The van der Waals surface area contributed by atoms with E-state index in [1.165, 1.54) is 0 Å². The fourth-order valence-corrected chi connectivity index (χ4v) is 2.84. The summed E-state index contributed by atoms with van der Waals surface area (Å²) in [5.74, 6) is 1.37. The van der Waals surface area contributed by atoms with E-state index in [4.69, 9.17) is 4.74 Å². The Balaban J connectivity index is 1.76. The van der Waals surface area contributed by atoms with Crippen molar-refractivity contribution in [1.82, 2.24) is 4.98 Å². The van der Waals surface area contributed by atoms with Gasteiger partial charge in [-0.25, -0.2) is 4.98 Å². The van der Waals surface area contributed by atoms with Crippen molar-refractivity contribution >= 4 is 23.1 Å². The summed E-state index contributed by atoms with van der Waals surface area (Å²) in [5, 5.41) is 3.21. The molecule has 1 heterocycles. The Morgan fingerprint density at radius 3 is 2.59 bits per heavy atom. The average Bonchev–Trinajstić information content (AvgIpc) is 2.69. The molecular formula is C22H23N3O2. The quantitative estimate of drug-likeness (QED) is 0.685. The first-order chi connectivity index (χ1) is 13.1. The molecule has 3 aromatic rings. The number of benzene rings is 2. The van der Waals surface area contributed by atoms with E-state index in [0.29, 0.717) is 17.9 Å². The molecule has 0 atom stereocenters. The van der Waals surface area contributed by atoms with Crippen molar-refractivity contribution in [2.45, 2.75) is 13.8 Å². The highest BCUT2D eigenvalue weighted by atomic mass is 16.5. The fraction of sp³-hybridized carbons (Fsp3) is 0.182. The number of nitrogens with one attached hydrogen (secondary N) is 1. The average molecular weight is 361 g/mol. The van der Waals surface area contributed by atoms with Crippen molar-refractivity contribution in [2.75, 3.05) is 23.9 Å². The van der Waals surface area contributed by atoms with E-state index in [1.807, 2.05) is 62.4 Å². The molecule has 27 heavy (non-hydrogen) atoms. The molecule has 0 bridgehead atoms. The number of anilines is 3. The van der Waals surface area contributed by atoms with Crippen LogP contribution < -0.4 is 15.0 Å². The number of ether oxygens (including phenoxy) is 1. The van der Waals surface area contributed by atoms with Gasteiger partial charge in [-0.05, 0) is 55.8 Å². The van der Waals surface area contributed by atoms with Gasteiger partial charge in [-0.3, -0.25) is 4.79 Å². The van der Waals surface area contributed by atoms with E-state index in [-0.39, 0.29) is 5.91 Å². The number of nitrogens with zero attached hydrogens (tertiary/aromatic N) is 2. The van der Waals surface area contributed by atoms with Crippen molar-refractivity contribution in [3.05, 3.63) is 78.0 Å². The lowest BCUT2D eigenvalue weighted by atomic mass is 10.1. The van der Waals surface area contributed by atoms with Crippen molar-refractivity contribution < 1.29 is 9.53 Å². The number of carbonyl (C=O) groups is 1. The van der Waals surface area contributed by atoms with Crippen molar-refractivity contribution in [3.8, 4) is 5.75 Å². The molecule has 0 aliphatic heterocycles. The molecular weight excluding hydrogens is 338 g/mol. The minimum atomic E-state index is -0.0662. The Morgan fingerprint density at radius 1 is 1.11 bits per heavy atom. The highest BCUT2D eigenvalue weighted by molar-refractivity contribution is 6.06. The number of carbonyl (C=O) groups excluding carboxylic acids is 1. The van der Waals surface area contributed by atoms with E-state index in [9.17, 15) is 4.79 Å². The molecule has 0 unspecified atom stereocenters. The predicted molar refractivity (Wildman–Crippen MR) is 109 cm³/mol. The van der Waals surface area contributed by atoms with Crippen LogP contribution in [0.25, 0.3) is 0 Å². The van der Waals surface area contributed by atoms with Crippen LogP contribution >= 0.6 is 0 Å². The smallest absolute Gasteiger partial charge is 0.259 e. The second-order valence-corrected chi connectivity index (χ2v) is 6.18. The number of rotatable bonds is 6. The van der Waals surface area contributed by atoms with Crippen LogP contribution in [0.3, 0.4) is 0 Å². The molecule has 0 saturated carbocycles. The van der Waals surface area contributed by atoms with E-state index in [1.54, 1.807) is 30.3 Å². The van der Waals surface area contributed by atoms with Gasteiger partial charge in [-0.1, -0.05) is 18.2 Å². The summed E-state index contributed by atoms with van der Waals surface area (Å²) in [4.78, 5) is 19.0. The van der Waals surface area contributed by atoms with Gasteiger partial charge >= 0.3 is 0 Å². The zero-order valence-electron chi connectivity index (χ0n) is 15.8. The summed E-state index contributed by atoms with van der Waals surface area (Å²) >= 11 is 0. The summed E-state index contributed by atoms with van der Waals surface area (Å²) in [6.07, 6.45) is 1.60. The third-order valence-electron chi connectivity index (χ3n) is 4.23. The number of hydrogen-bond acceptors (Lipinski definition) is 4. The van der Waals surface area contributed by atoms with Gasteiger partial charge in [-0.2, -0.15) is 0 Å². The van der Waals surface area contributed by atoms with Crippen LogP contribution in [-0.4, -0.2) is 24.5 Å². The van der Waals surface area contributed by atoms with Gasteiger partial charge in [0.2, 0.25) is 0 Å². The van der Waals surface area contributed by atoms with Crippen molar-refractivity contribution in [3.63, 3.8) is 0 Å². The van der Waals surface area contributed by atoms with Gasteiger partial charge < -0.3 is 15.0 Å². The van der Waals surface area contributed by atoms with E-state index < -0.39 is 0 Å². The molecule has 5 nitrogen and oxygen atoms in total. The zero-order valence-corrected chi connectivity index (χ0v) is 15.8. The highest BCUT2D eigenvalue weighted by Gasteiger charge is 2.16. The van der Waals surface area contributed by atoms with Crippen LogP contribution in [0.5, 0.6) is 5.75 Å². The maximum Gasteiger partial charge on any atom is 0.259 e. The molecule has 1 N–H and O–H groups in total.